The van der Waals surface area contributed by atoms with E-state index in [1.807, 2.05) is 24.3 Å². The first-order valence-electron chi connectivity index (χ1n) is 11.6. The van der Waals surface area contributed by atoms with E-state index in [-0.39, 0.29) is 36.3 Å². The van der Waals surface area contributed by atoms with Crippen molar-refractivity contribution in [1.82, 2.24) is 10.6 Å². The Morgan fingerprint density at radius 2 is 1.64 bits per heavy atom. The van der Waals surface area contributed by atoms with Crippen molar-refractivity contribution in [3.63, 3.8) is 0 Å². The van der Waals surface area contributed by atoms with Crippen LogP contribution in [0.1, 0.15) is 43.2 Å². The zero-order valence-corrected chi connectivity index (χ0v) is 18.5. The van der Waals surface area contributed by atoms with Crippen LogP contribution in [0.25, 0.3) is 11.1 Å². The van der Waals surface area contributed by atoms with Gasteiger partial charge in [0.15, 0.2) is 0 Å². The fourth-order valence-corrected chi connectivity index (χ4v) is 5.78. The van der Waals surface area contributed by atoms with Gasteiger partial charge in [-0.1, -0.05) is 48.5 Å². The molecule has 0 saturated heterocycles. The molecule has 2 aromatic rings. The number of rotatable bonds is 6. The van der Waals surface area contributed by atoms with Crippen LogP contribution < -0.4 is 10.6 Å². The van der Waals surface area contributed by atoms with Gasteiger partial charge < -0.3 is 20.5 Å². The number of benzene rings is 2. The van der Waals surface area contributed by atoms with E-state index in [2.05, 4.69) is 34.9 Å². The Kier molecular flexibility index (Phi) is 5.56. The number of aliphatic carboxylic acids is 1. The lowest BCUT2D eigenvalue weighted by atomic mass is 9.71. The zero-order valence-electron chi connectivity index (χ0n) is 18.5. The summed E-state index contributed by atoms with van der Waals surface area (Å²) in [6.07, 6.45) is 1.48. The number of carboxylic acid groups (broad SMARTS) is 1. The van der Waals surface area contributed by atoms with Gasteiger partial charge in [0.25, 0.3) is 0 Å². The third-order valence-electron chi connectivity index (χ3n) is 7.57. The van der Waals surface area contributed by atoms with Crippen LogP contribution in [0.2, 0.25) is 0 Å². The highest BCUT2D eigenvalue weighted by Gasteiger charge is 2.50. The van der Waals surface area contributed by atoms with E-state index in [9.17, 15) is 19.5 Å². The summed E-state index contributed by atoms with van der Waals surface area (Å²) in [6.45, 7) is 1.82. The molecule has 2 fully saturated rings. The molecule has 0 bridgehead atoms. The van der Waals surface area contributed by atoms with Crippen LogP contribution in [0, 0.1) is 17.8 Å². The van der Waals surface area contributed by atoms with Gasteiger partial charge in [-0.15, -0.1) is 0 Å². The van der Waals surface area contributed by atoms with Crippen molar-refractivity contribution in [3.05, 3.63) is 59.7 Å². The smallest absolute Gasteiger partial charge is 0.407 e. The minimum atomic E-state index is -0.750. The molecule has 5 atom stereocenters. The second-order valence-electron chi connectivity index (χ2n) is 9.47. The molecular weight excluding hydrogens is 420 g/mol. The molecule has 2 saturated carbocycles. The third kappa shape index (κ3) is 3.96. The summed E-state index contributed by atoms with van der Waals surface area (Å²) in [6, 6.07) is 15.5. The summed E-state index contributed by atoms with van der Waals surface area (Å²) < 4.78 is 5.52. The molecule has 172 valence electrons. The molecule has 2 unspecified atom stereocenters. The molecule has 7 nitrogen and oxygen atoms in total. The molecule has 2 aromatic carbocycles. The highest BCUT2D eigenvalue weighted by molar-refractivity contribution is 5.85. The Labute approximate surface area is 192 Å². The lowest BCUT2D eigenvalue weighted by Gasteiger charge is -2.41. The SMILES string of the molecule is CC(NC(=O)OCC1c2ccccc2-c2ccccc21)C(=O)N[C@@H]1C[C@@H]2CC(C(=O)O)C[C@@H]21. The van der Waals surface area contributed by atoms with Gasteiger partial charge in [-0.05, 0) is 60.3 Å². The van der Waals surface area contributed by atoms with Gasteiger partial charge in [-0.2, -0.15) is 0 Å². The van der Waals surface area contributed by atoms with Crippen LogP contribution in [0.15, 0.2) is 48.5 Å². The van der Waals surface area contributed by atoms with Gasteiger partial charge in [-0.3, -0.25) is 9.59 Å². The first-order valence-corrected chi connectivity index (χ1v) is 11.6. The normalized spacial score (nSPS) is 25.7. The quantitative estimate of drug-likeness (QED) is 0.627. The molecule has 0 heterocycles. The third-order valence-corrected chi connectivity index (χ3v) is 7.57. The summed E-state index contributed by atoms with van der Waals surface area (Å²) in [5.74, 6) is -0.772. The Morgan fingerprint density at radius 3 is 2.27 bits per heavy atom. The molecule has 5 rings (SSSR count). The summed E-state index contributed by atoms with van der Waals surface area (Å²) in [5.41, 5.74) is 4.58. The molecule has 0 radical (unpaired) electrons. The number of hydrogen-bond acceptors (Lipinski definition) is 4. The van der Waals surface area contributed by atoms with E-state index in [4.69, 9.17) is 4.74 Å². The number of ether oxygens (including phenoxy) is 1. The van der Waals surface area contributed by atoms with Gasteiger partial charge in [0, 0.05) is 12.0 Å². The molecule has 33 heavy (non-hydrogen) atoms. The van der Waals surface area contributed by atoms with E-state index >= 15 is 0 Å². The number of fused-ring (bicyclic) bond motifs is 4. The topological polar surface area (TPSA) is 105 Å². The van der Waals surface area contributed by atoms with Crippen LogP contribution in [-0.2, 0) is 14.3 Å². The lowest BCUT2D eigenvalue weighted by molar-refractivity contribution is -0.141. The number of alkyl carbamates (subject to hydrolysis) is 1. The Balaban J connectivity index is 1.13. The average Bonchev–Trinajstić information content (AvgIpc) is 3.31. The number of carboxylic acids is 1. The van der Waals surface area contributed by atoms with Gasteiger partial charge in [-0.25, -0.2) is 4.79 Å². The molecular formula is C26H28N2O5. The predicted octanol–water partition coefficient (Wildman–Crippen LogP) is 3.53. The van der Waals surface area contributed by atoms with E-state index in [1.54, 1.807) is 6.92 Å². The maximum Gasteiger partial charge on any atom is 0.407 e. The summed E-state index contributed by atoms with van der Waals surface area (Å²) in [4.78, 5) is 36.2. The molecule has 3 N–H and O–H groups in total. The van der Waals surface area contributed by atoms with E-state index in [0.717, 1.165) is 28.7 Å². The minimum absolute atomic E-state index is 0.0152. The molecule has 7 heteroatoms. The maximum absolute atomic E-state index is 12.6. The van der Waals surface area contributed by atoms with Gasteiger partial charge in [0.05, 0.1) is 5.92 Å². The van der Waals surface area contributed by atoms with Crippen molar-refractivity contribution in [2.45, 2.75) is 44.2 Å². The highest BCUT2D eigenvalue weighted by atomic mass is 16.5. The lowest BCUT2D eigenvalue weighted by Crippen LogP contribution is -2.55. The average molecular weight is 449 g/mol. The second-order valence-corrected chi connectivity index (χ2v) is 9.47. The summed E-state index contributed by atoms with van der Waals surface area (Å²) in [7, 11) is 0. The fourth-order valence-electron chi connectivity index (χ4n) is 5.78. The first-order chi connectivity index (χ1) is 15.9. The van der Waals surface area contributed by atoms with Crippen molar-refractivity contribution in [2.24, 2.45) is 17.8 Å². The monoisotopic (exact) mass is 448 g/mol. The standard InChI is InChI=1S/C26H28N2O5/c1-14(24(29)28-23-12-15-10-16(25(30)31)11-21(15)23)27-26(32)33-13-22-19-8-4-2-6-17(19)18-7-3-5-9-20(18)22/h2-9,14-16,21-23H,10-13H2,1H3,(H,27,32)(H,28,29)(H,30,31)/t14?,15-,16?,21-,23+/m0/s1. The zero-order chi connectivity index (χ0) is 23.1. The van der Waals surface area contributed by atoms with Gasteiger partial charge >= 0.3 is 12.1 Å². The number of carbonyl (C=O) groups is 3. The Morgan fingerprint density at radius 1 is 1.00 bits per heavy atom. The van der Waals surface area contributed by atoms with Gasteiger partial charge in [0.1, 0.15) is 12.6 Å². The summed E-state index contributed by atoms with van der Waals surface area (Å²) in [5, 5.41) is 14.8. The number of amides is 2. The molecule has 0 spiro atoms. The molecule has 0 aliphatic heterocycles. The van der Waals surface area contributed by atoms with Crippen LogP contribution in [0.4, 0.5) is 4.79 Å². The van der Waals surface area contributed by atoms with Crippen molar-refractivity contribution >= 4 is 18.0 Å². The number of nitrogens with one attached hydrogen (secondary N) is 2. The number of carbonyl (C=O) groups excluding carboxylic acids is 2. The van der Waals surface area contributed by atoms with Crippen molar-refractivity contribution in [1.29, 1.82) is 0 Å². The van der Waals surface area contributed by atoms with E-state index in [0.29, 0.717) is 18.8 Å². The largest absolute Gasteiger partial charge is 0.481 e. The van der Waals surface area contributed by atoms with Crippen molar-refractivity contribution in [3.8, 4) is 11.1 Å². The Bertz CT molecular complexity index is 1050. The Hall–Kier alpha value is -3.35. The van der Waals surface area contributed by atoms with E-state index in [1.165, 1.54) is 0 Å². The van der Waals surface area contributed by atoms with Crippen LogP contribution >= 0.6 is 0 Å². The molecule has 2 amide bonds. The van der Waals surface area contributed by atoms with Crippen LogP contribution in [0.3, 0.4) is 0 Å². The van der Waals surface area contributed by atoms with Crippen LogP contribution in [0.5, 0.6) is 0 Å². The van der Waals surface area contributed by atoms with E-state index < -0.39 is 18.1 Å². The maximum atomic E-state index is 12.6. The minimum Gasteiger partial charge on any atom is -0.481 e. The second kappa shape index (κ2) is 8.54. The molecule has 3 aliphatic rings. The van der Waals surface area contributed by atoms with Crippen molar-refractivity contribution < 1.29 is 24.2 Å². The highest BCUT2D eigenvalue weighted by Crippen LogP contribution is 2.49. The first kappa shape index (κ1) is 21.5. The molecule has 0 aromatic heterocycles. The van der Waals surface area contributed by atoms with Crippen molar-refractivity contribution in [2.75, 3.05) is 6.61 Å². The van der Waals surface area contributed by atoms with Gasteiger partial charge in [0.2, 0.25) is 5.91 Å². The summed E-state index contributed by atoms with van der Waals surface area (Å²) >= 11 is 0. The number of hydrogen-bond donors (Lipinski definition) is 3. The fraction of sp³-hybridized carbons (Fsp3) is 0.423. The molecule has 3 aliphatic carbocycles. The predicted molar refractivity (Wildman–Crippen MR) is 122 cm³/mol. The van der Waals surface area contributed by atoms with Crippen LogP contribution in [-0.4, -0.2) is 41.8 Å².